The molecule has 0 amide bonds. The number of hydrogen-bond donors (Lipinski definition) is 1. The molecule has 2 aromatic rings. The largest absolute Gasteiger partial charge is 0.454 e. The van der Waals surface area contributed by atoms with Gasteiger partial charge in [0.1, 0.15) is 15.6 Å². The minimum atomic E-state index is -3.86. The molecule has 1 fully saturated rings. The van der Waals surface area contributed by atoms with E-state index in [0.29, 0.717) is 18.5 Å². The Bertz CT molecular complexity index is 1120. The highest BCUT2D eigenvalue weighted by Gasteiger charge is 2.37. The summed E-state index contributed by atoms with van der Waals surface area (Å²) in [4.78, 5) is 3.10. The van der Waals surface area contributed by atoms with E-state index in [1.165, 1.54) is 11.3 Å². The van der Waals surface area contributed by atoms with E-state index in [1.54, 1.807) is 18.4 Å². The van der Waals surface area contributed by atoms with Crippen molar-refractivity contribution in [3.63, 3.8) is 0 Å². The summed E-state index contributed by atoms with van der Waals surface area (Å²) in [6, 6.07) is 1.59. The lowest BCUT2D eigenvalue weighted by molar-refractivity contribution is 0.0971. The molecule has 0 bridgehead atoms. The highest BCUT2D eigenvalue weighted by Crippen LogP contribution is 2.38. The van der Waals surface area contributed by atoms with Crippen molar-refractivity contribution < 1.29 is 22.4 Å². The fourth-order valence-electron chi connectivity index (χ4n) is 3.53. The molecule has 0 spiro atoms. The second-order valence-corrected chi connectivity index (χ2v) is 10.4. The van der Waals surface area contributed by atoms with Crippen LogP contribution in [0.5, 0.6) is 0 Å². The van der Waals surface area contributed by atoms with Crippen molar-refractivity contribution in [1.82, 2.24) is 10.1 Å². The number of nitrogens with one attached hydrogen (secondary N) is 1. The van der Waals surface area contributed by atoms with Gasteiger partial charge in [-0.1, -0.05) is 16.8 Å². The maximum Gasteiger partial charge on any atom is 0.265 e. The Labute approximate surface area is 184 Å². The Morgan fingerprint density at radius 2 is 2.10 bits per heavy atom. The first-order valence-electron chi connectivity index (χ1n) is 9.29. The van der Waals surface area contributed by atoms with Crippen LogP contribution in [0, 0.1) is 6.92 Å². The number of likely N-dealkylation sites (N-methyl/N-ethyl adjacent to an activating group) is 1. The number of ether oxygens (including phenoxy) is 2. The number of nitrogens with zero attached hydrogens (tertiary/aromatic N) is 2. The smallest absolute Gasteiger partial charge is 0.265 e. The predicted octanol–water partition coefficient (Wildman–Crippen LogP) is 3.91. The number of fused-ring (bicyclic) bond motifs is 1. The summed E-state index contributed by atoms with van der Waals surface area (Å²) in [6.07, 6.45) is 6.14. The molecule has 2 aromatic heterocycles. The molecule has 1 N–H and O–H groups in total. The van der Waals surface area contributed by atoms with Crippen LogP contribution in [0.3, 0.4) is 0 Å². The summed E-state index contributed by atoms with van der Waals surface area (Å²) in [5, 5.41) is 5.60. The molecule has 30 heavy (non-hydrogen) atoms. The summed E-state index contributed by atoms with van der Waals surface area (Å²) >= 11 is 7.46. The molecule has 4 rings (SSSR count). The number of sulfonamides is 1. The Hall–Kier alpha value is -2.01. The second kappa shape index (κ2) is 7.92. The van der Waals surface area contributed by atoms with E-state index in [2.05, 4.69) is 20.9 Å². The van der Waals surface area contributed by atoms with Crippen molar-refractivity contribution >= 4 is 38.8 Å². The van der Waals surface area contributed by atoms with Gasteiger partial charge >= 0.3 is 0 Å². The van der Waals surface area contributed by atoms with Gasteiger partial charge in [0.25, 0.3) is 15.9 Å². The van der Waals surface area contributed by atoms with Crippen molar-refractivity contribution in [3.05, 3.63) is 50.7 Å². The average molecular weight is 472 g/mol. The van der Waals surface area contributed by atoms with Crippen LogP contribution in [0.25, 0.3) is 0 Å². The van der Waals surface area contributed by atoms with E-state index >= 15 is 0 Å². The van der Waals surface area contributed by atoms with E-state index < -0.39 is 10.0 Å². The summed E-state index contributed by atoms with van der Waals surface area (Å²) in [7, 11) is 0.155. The fourth-order valence-corrected chi connectivity index (χ4v) is 6.18. The molecule has 3 heterocycles. The van der Waals surface area contributed by atoms with E-state index in [9.17, 15) is 8.42 Å². The zero-order chi connectivity index (χ0) is 21.5. The Morgan fingerprint density at radius 3 is 2.80 bits per heavy atom. The van der Waals surface area contributed by atoms with Crippen molar-refractivity contribution in [2.75, 3.05) is 25.6 Å². The zero-order valence-corrected chi connectivity index (χ0v) is 19.2. The van der Waals surface area contributed by atoms with Gasteiger partial charge in [0.15, 0.2) is 11.5 Å². The molecule has 1 atom stereocenters. The van der Waals surface area contributed by atoms with Crippen LogP contribution in [0.1, 0.15) is 23.4 Å². The summed E-state index contributed by atoms with van der Waals surface area (Å²) in [5.41, 5.74) is 0.125. The minimum absolute atomic E-state index is 0.0795. The first-order valence-corrected chi connectivity index (χ1v) is 12.0. The average Bonchev–Trinajstić information content (AvgIpc) is 3.42. The molecule has 1 unspecified atom stereocenters. The quantitative estimate of drug-likeness (QED) is 0.654. The lowest BCUT2D eigenvalue weighted by atomic mass is 9.84. The summed E-state index contributed by atoms with van der Waals surface area (Å²) < 4.78 is 44.3. The monoisotopic (exact) mass is 471 g/mol. The molecule has 0 aromatic carbocycles. The number of thiophene rings is 1. The summed E-state index contributed by atoms with van der Waals surface area (Å²) in [5.74, 6) is 1.44. The number of aryl methyl sites for hydroxylation is 2. The lowest BCUT2D eigenvalue weighted by Crippen LogP contribution is -2.44. The molecule has 2 aliphatic rings. The second-order valence-electron chi connectivity index (χ2n) is 7.41. The topological polar surface area (TPSA) is 93.9 Å². The van der Waals surface area contributed by atoms with Crippen LogP contribution in [-0.2, 0) is 25.9 Å². The van der Waals surface area contributed by atoms with Gasteiger partial charge in [0.05, 0.1) is 0 Å². The van der Waals surface area contributed by atoms with Crippen LogP contribution < -0.4 is 4.72 Å². The molecule has 162 valence electrons. The first kappa shape index (κ1) is 21.2. The van der Waals surface area contributed by atoms with Crippen LogP contribution in [0.2, 0.25) is 5.02 Å². The maximum absolute atomic E-state index is 12.9. The van der Waals surface area contributed by atoms with Gasteiger partial charge in [-0.15, -0.1) is 11.3 Å². The molecule has 8 nitrogen and oxygen atoms in total. The molecule has 11 heteroatoms. The fraction of sp³-hybridized carbons (Fsp3) is 0.421. The van der Waals surface area contributed by atoms with Crippen molar-refractivity contribution in [2.45, 2.75) is 36.6 Å². The number of hydrogen-bond acceptors (Lipinski definition) is 8. The van der Waals surface area contributed by atoms with E-state index in [4.69, 9.17) is 25.6 Å². The minimum Gasteiger partial charge on any atom is -0.454 e. The van der Waals surface area contributed by atoms with Crippen LogP contribution in [0.15, 0.2) is 44.5 Å². The molecule has 1 aliphatic carbocycles. The van der Waals surface area contributed by atoms with E-state index in [-0.39, 0.29) is 28.1 Å². The molecular formula is C19H22ClN3O5S2. The third-order valence-electron chi connectivity index (χ3n) is 5.40. The van der Waals surface area contributed by atoms with E-state index in [1.807, 2.05) is 20.2 Å². The molecule has 1 aliphatic heterocycles. The van der Waals surface area contributed by atoms with Crippen LogP contribution in [-0.4, -0.2) is 44.9 Å². The lowest BCUT2D eigenvalue weighted by Gasteiger charge is -2.38. The number of anilines is 1. The van der Waals surface area contributed by atoms with Gasteiger partial charge in [-0.05, 0) is 63.9 Å². The van der Waals surface area contributed by atoms with Gasteiger partial charge < -0.3 is 14.0 Å². The number of aromatic nitrogens is 1. The summed E-state index contributed by atoms with van der Waals surface area (Å²) in [6.45, 7) is 1.86. The standard InChI is InChI=1S/C19H22ClN3O5S2/c1-12-17(20)18(28-21-12)22-30(24,25)16-6-9-29-15(16)5-8-19(23(2)3)7-4-13-14(10-19)27-11-26-13/h4,6,9-10,22H,5,7-8,11H2,1-3H3. The number of rotatable bonds is 7. The molecule has 1 saturated heterocycles. The maximum atomic E-state index is 12.9. The molecular weight excluding hydrogens is 450 g/mol. The zero-order valence-electron chi connectivity index (χ0n) is 16.8. The van der Waals surface area contributed by atoms with Gasteiger partial charge in [0.2, 0.25) is 6.79 Å². The number of halogens is 1. The SMILES string of the molecule is Cc1noc(NS(=O)(=O)c2ccsc2CCC2(N(C)C)C=C3OCOC3=CC2)c1Cl. The van der Waals surface area contributed by atoms with Crippen LogP contribution in [0.4, 0.5) is 5.88 Å². The highest BCUT2D eigenvalue weighted by atomic mass is 35.5. The van der Waals surface area contributed by atoms with Crippen molar-refractivity contribution in [2.24, 2.45) is 0 Å². The third-order valence-corrected chi connectivity index (χ3v) is 8.37. The molecule has 0 saturated carbocycles. The van der Waals surface area contributed by atoms with E-state index in [0.717, 1.165) is 22.8 Å². The Balaban J connectivity index is 1.55. The first-order chi connectivity index (χ1) is 14.2. The van der Waals surface area contributed by atoms with Gasteiger partial charge in [-0.2, -0.15) is 0 Å². The highest BCUT2D eigenvalue weighted by molar-refractivity contribution is 7.93. The van der Waals surface area contributed by atoms with Crippen LogP contribution >= 0.6 is 22.9 Å². The predicted molar refractivity (Wildman–Crippen MR) is 114 cm³/mol. The van der Waals surface area contributed by atoms with Gasteiger partial charge in [-0.25, -0.2) is 13.1 Å². The van der Waals surface area contributed by atoms with Gasteiger partial charge in [0, 0.05) is 10.4 Å². The normalized spacial score (nSPS) is 21.0. The Kier molecular flexibility index (Phi) is 5.60. The molecule has 0 radical (unpaired) electrons. The van der Waals surface area contributed by atoms with Crippen molar-refractivity contribution in [3.8, 4) is 0 Å². The Morgan fingerprint density at radius 1 is 1.33 bits per heavy atom. The van der Waals surface area contributed by atoms with Gasteiger partial charge in [-0.3, -0.25) is 4.90 Å². The van der Waals surface area contributed by atoms with Crippen molar-refractivity contribution in [1.29, 1.82) is 0 Å². The third kappa shape index (κ3) is 3.84.